The van der Waals surface area contributed by atoms with Gasteiger partial charge in [-0.1, -0.05) is 17.4 Å². The van der Waals surface area contributed by atoms with Crippen molar-refractivity contribution in [2.24, 2.45) is 0 Å². The monoisotopic (exact) mass is 284 g/mol. The van der Waals surface area contributed by atoms with E-state index in [1.165, 1.54) is 0 Å². The highest BCUT2D eigenvalue weighted by Gasteiger charge is 2.05. The SMILES string of the molecule is CN(C)c1cccc(Nc2nc3ccc(N)cc3s2)c1. The molecule has 0 spiro atoms. The van der Waals surface area contributed by atoms with E-state index in [2.05, 4.69) is 27.3 Å². The number of nitrogens with two attached hydrogens (primary N) is 1. The van der Waals surface area contributed by atoms with Gasteiger partial charge < -0.3 is 16.0 Å². The topological polar surface area (TPSA) is 54.2 Å². The third-order valence-corrected chi connectivity index (χ3v) is 3.96. The van der Waals surface area contributed by atoms with Crippen LogP contribution >= 0.6 is 11.3 Å². The van der Waals surface area contributed by atoms with Gasteiger partial charge in [0.1, 0.15) is 0 Å². The fourth-order valence-electron chi connectivity index (χ4n) is 1.98. The van der Waals surface area contributed by atoms with Crippen molar-refractivity contribution in [3.63, 3.8) is 0 Å². The van der Waals surface area contributed by atoms with E-state index in [0.717, 1.165) is 32.4 Å². The van der Waals surface area contributed by atoms with Crippen molar-refractivity contribution < 1.29 is 0 Å². The summed E-state index contributed by atoms with van der Waals surface area (Å²) in [5, 5.41) is 4.22. The second kappa shape index (κ2) is 5.02. The van der Waals surface area contributed by atoms with Gasteiger partial charge >= 0.3 is 0 Å². The first kappa shape index (κ1) is 12.7. The Hall–Kier alpha value is -2.27. The summed E-state index contributed by atoms with van der Waals surface area (Å²) >= 11 is 1.60. The van der Waals surface area contributed by atoms with Crippen LogP contribution in [0, 0.1) is 0 Å². The second-order valence-electron chi connectivity index (χ2n) is 4.82. The summed E-state index contributed by atoms with van der Waals surface area (Å²) in [4.78, 5) is 6.64. The molecule has 0 aliphatic carbocycles. The first-order chi connectivity index (χ1) is 9.61. The predicted molar refractivity (Wildman–Crippen MR) is 88.1 cm³/mol. The number of nitrogens with zero attached hydrogens (tertiary/aromatic N) is 2. The van der Waals surface area contributed by atoms with Crippen LogP contribution in [0.1, 0.15) is 0 Å². The summed E-state index contributed by atoms with van der Waals surface area (Å²) in [5.74, 6) is 0. The summed E-state index contributed by atoms with van der Waals surface area (Å²) in [7, 11) is 4.05. The van der Waals surface area contributed by atoms with Crippen LogP contribution in [0.3, 0.4) is 0 Å². The molecule has 3 N–H and O–H groups in total. The molecule has 0 atom stereocenters. The molecule has 1 heterocycles. The summed E-state index contributed by atoms with van der Waals surface area (Å²) in [6.07, 6.45) is 0. The number of aromatic nitrogens is 1. The van der Waals surface area contributed by atoms with E-state index >= 15 is 0 Å². The maximum absolute atomic E-state index is 5.79. The molecule has 102 valence electrons. The summed E-state index contributed by atoms with van der Waals surface area (Å²) in [6.45, 7) is 0. The Balaban J connectivity index is 1.90. The fourth-order valence-corrected chi connectivity index (χ4v) is 2.91. The van der Waals surface area contributed by atoms with Crippen LogP contribution in [0.25, 0.3) is 10.2 Å². The lowest BCUT2D eigenvalue weighted by Gasteiger charge is -2.13. The smallest absolute Gasteiger partial charge is 0.188 e. The van der Waals surface area contributed by atoms with Gasteiger partial charge in [0.2, 0.25) is 0 Å². The van der Waals surface area contributed by atoms with Crippen LogP contribution in [-0.2, 0) is 0 Å². The molecule has 20 heavy (non-hydrogen) atoms. The average Bonchev–Trinajstić information content (AvgIpc) is 2.80. The van der Waals surface area contributed by atoms with E-state index in [-0.39, 0.29) is 0 Å². The number of nitrogen functional groups attached to an aromatic ring is 1. The molecular weight excluding hydrogens is 268 g/mol. The van der Waals surface area contributed by atoms with Gasteiger partial charge in [-0.15, -0.1) is 0 Å². The van der Waals surface area contributed by atoms with Crippen LogP contribution in [0.15, 0.2) is 42.5 Å². The molecule has 0 aliphatic heterocycles. The van der Waals surface area contributed by atoms with E-state index < -0.39 is 0 Å². The highest BCUT2D eigenvalue weighted by molar-refractivity contribution is 7.22. The molecule has 0 saturated heterocycles. The number of benzene rings is 2. The molecule has 4 nitrogen and oxygen atoms in total. The van der Waals surface area contributed by atoms with Crippen molar-refractivity contribution in [2.45, 2.75) is 0 Å². The van der Waals surface area contributed by atoms with E-state index in [9.17, 15) is 0 Å². The Morgan fingerprint density at radius 1 is 1.15 bits per heavy atom. The third kappa shape index (κ3) is 2.53. The molecular formula is C15H16N4S. The van der Waals surface area contributed by atoms with Crippen LogP contribution in [0.4, 0.5) is 22.2 Å². The van der Waals surface area contributed by atoms with Crippen LogP contribution < -0.4 is 16.0 Å². The summed E-state index contributed by atoms with van der Waals surface area (Å²) in [6, 6.07) is 14.0. The molecule has 1 aromatic heterocycles. The van der Waals surface area contributed by atoms with Gasteiger partial charge in [-0.2, -0.15) is 0 Å². The number of anilines is 4. The number of fused-ring (bicyclic) bond motifs is 1. The maximum atomic E-state index is 5.79. The van der Waals surface area contributed by atoms with Gasteiger partial charge in [-0.3, -0.25) is 0 Å². The van der Waals surface area contributed by atoms with Crippen LogP contribution in [0.2, 0.25) is 0 Å². The van der Waals surface area contributed by atoms with Crippen LogP contribution in [0.5, 0.6) is 0 Å². The lowest BCUT2D eigenvalue weighted by atomic mass is 10.2. The lowest BCUT2D eigenvalue weighted by Crippen LogP contribution is -2.08. The van der Waals surface area contributed by atoms with Gasteiger partial charge in [0.15, 0.2) is 5.13 Å². The van der Waals surface area contributed by atoms with Crippen molar-refractivity contribution in [1.82, 2.24) is 4.98 Å². The van der Waals surface area contributed by atoms with Crippen molar-refractivity contribution in [2.75, 3.05) is 30.0 Å². The van der Waals surface area contributed by atoms with E-state index in [1.807, 2.05) is 44.4 Å². The Bertz CT molecular complexity index is 748. The number of nitrogens with one attached hydrogen (secondary N) is 1. The van der Waals surface area contributed by atoms with Crippen molar-refractivity contribution in [3.05, 3.63) is 42.5 Å². The first-order valence-corrected chi connectivity index (χ1v) is 7.14. The van der Waals surface area contributed by atoms with Crippen molar-refractivity contribution >= 4 is 43.7 Å². The minimum Gasteiger partial charge on any atom is -0.399 e. The number of thiazole rings is 1. The highest BCUT2D eigenvalue weighted by Crippen LogP contribution is 2.30. The zero-order valence-corrected chi connectivity index (χ0v) is 12.2. The quantitative estimate of drug-likeness (QED) is 0.720. The Labute approximate surface area is 121 Å². The molecule has 0 saturated carbocycles. The van der Waals surface area contributed by atoms with Crippen LogP contribution in [-0.4, -0.2) is 19.1 Å². The van der Waals surface area contributed by atoms with Gasteiger partial charge in [0.25, 0.3) is 0 Å². The zero-order chi connectivity index (χ0) is 14.1. The molecule has 0 fully saturated rings. The number of hydrogen-bond donors (Lipinski definition) is 2. The Kier molecular flexibility index (Phi) is 3.20. The van der Waals surface area contributed by atoms with E-state index in [0.29, 0.717) is 0 Å². The summed E-state index contributed by atoms with van der Waals surface area (Å²) < 4.78 is 1.09. The Morgan fingerprint density at radius 2 is 2.00 bits per heavy atom. The molecule has 5 heteroatoms. The number of rotatable bonds is 3. The first-order valence-electron chi connectivity index (χ1n) is 6.32. The predicted octanol–water partition coefficient (Wildman–Crippen LogP) is 3.69. The second-order valence-corrected chi connectivity index (χ2v) is 5.85. The molecule has 0 amide bonds. The molecule has 3 rings (SSSR count). The average molecular weight is 284 g/mol. The fraction of sp³-hybridized carbons (Fsp3) is 0.133. The van der Waals surface area contributed by atoms with Crippen molar-refractivity contribution in [1.29, 1.82) is 0 Å². The minimum atomic E-state index is 0.766. The Morgan fingerprint density at radius 3 is 2.80 bits per heavy atom. The summed E-state index contributed by atoms with van der Waals surface area (Å²) in [5.41, 5.74) is 9.71. The van der Waals surface area contributed by atoms with Gasteiger partial charge in [0, 0.05) is 31.2 Å². The molecule has 0 radical (unpaired) electrons. The molecule has 0 unspecified atom stereocenters. The van der Waals surface area contributed by atoms with Gasteiger partial charge in [-0.05, 0) is 36.4 Å². The van der Waals surface area contributed by atoms with E-state index in [1.54, 1.807) is 11.3 Å². The van der Waals surface area contributed by atoms with Crippen molar-refractivity contribution in [3.8, 4) is 0 Å². The standard InChI is InChI=1S/C15H16N4S/c1-19(2)12-5-3-4-11(9-12)17-15-18-13-7-6-10(16)8-14(13)20-15/h3-9H,16H2,1-2H3,(H,17,18). The minimum absolute atomic E-state index is 0.766. The maximum Gasteiger partial charge on any atom is 0.188 e. The zero-order valence-electron chi connectivity index (χ0n) is 11.4. The van der Waals surface area contributed by atoms with Gasteiger partial charge in [-0.25, -0.2) is 4.98 Å². The van der Waals surface area contributed by atoms with E-state index in [4.69, 9.17) is 5.73 Å². The molecule has 2 aromatic carbocycles. The molecule has 0 bridgehead atoms. The number of hydrogen-bond acceptors (Lipinski definition) is 5. The highest BCUT2D eigenvalue weighted by atomic mass is 32.1. The normalized spacial score (nSPS) is 10.7. The lowest BCUT2D eigenvalue weighted by molar-refractivity contribution is 1.13. The molecule has 0 aliphatic rings. The largest absolute Gasteiger partial charge is 0.399 e. The molecule has 3 aromatic rings. The van der Waals surface area contributed by atoms with Gasteiger partial charge in [0.05, 0.1) is 10.2 Å². The third-order valence-electron chi connectivity index (χ3n) is 3.03.